The van der Waals surface area contributed by atoms with Gasteiger partial charge in [0.1, 0.15) is 0 Å². The van der Waals surface area contributed by atoms with Gasteiger partial charge in [0.2, 0.25) is 11.4 Å². The first-order valence-electron chi connectivity index (χ1n) is 24.8. The summed E-state index contributed by atoms with van der Waals surface area (Å²) >= 11 is 0. The summed E-state index contributed by atoms with van der Waals surface area (Å²) in [5.41, 5.74) is 19.0. The molecule has 1 aliphatic heterocycles. The van der Waals surface area contributed by atoms with Gasteiger partial charge in [-0.05, 0) is 74.8 Å². The molecule has 0 aliphatic carbocycles. The average Bonchev–Trinajstić information content (AvgIpc) is 3.54. The van der Waals surface area contributed by atoms with Crippen LogP contribution in [0.25, 0.3) is 16.9 Å². The zero-order valence-electron chi connectivity index (χ0n) is 39.4. The minimum atomic E-state index is 0. The Labute approximate surface area is 378 Å². The maximum atomic E-state index is 11.3. The van der Waals surface area contributed by atoms with Crippen molar-refractivity contribution in [2.75, 3.05) is 0 Å². The van der Waals surface area contributed by atoms with E-state index in [1.54, 1.807) is 0 Å². The Morgan fingerprint density at radius 3 is 1.53 bits per heavy atom. The van der Waals surface area contributed by atoms with E-state index < -0.39 is 0 Å². The maximum Gasteiger partial charge on any atom is 2.00 e. The number of unbranched alkanes of at least 4 members (excludes halogenated alkanes) is 24. The Morgan fingerprint density at radius 2 is 1.00 bits per heavy atom. The molecule has 0 saturated carbocycles. The molecule has 0 unspecified atom stereocenters. The third-order valence-electron chi connectivity index (χ3n) is 11.4. The standard InChI is InChI=1S/C38H54N2.2C9H19.Ni/c1-4-6-8-9-10-11-12-13-14-15-16-17-18-19-20-26-34-27-21-22-29-36(34)37-30-32(3)38(40(37)39)35-28-23-25-33(31-35)24-7-5-2;2*1-3-5-7-9-8-6-4-2;/h18-19,21-23,25,27-31H,4-17,20,24,26H2,1-3H3;2*1,3-9H2,2H3;/q;2*-1;+2. The van der Waals surface area contributed by atoms with Crippen LogP contribution in [0.5, 0.6) is 0 Å². The van der Waals surface area contributed by atoms with Gasteiger partial charge in [-0.25, -0.2) is 4.70 Å². The van der Waals surface area contributed by atoms with Gasteiger partial charge in [0.25, 0.3) is 0 Å². The quantitative estimate of drug-likeness (QED) is 0.0230. The Kier molecular flexibility index (Phi) is 39.6. The molecule has 1 heterocycles. The monoisotopic (exact) mass is 851 g/mol. The third-order valence-corrected chi connectivity index (χ3v) is 11.4. The zero-order valence-corrected chi connectivity index (χ0v) is 40.4. The predicted octanol–water partition coefficient (Wildman–Crippen LogP) is 19.2. The van der Waals surface area contributed by atoms with Crippen molar-refractivity contribution in [2.24, 2.45) is 0 Å². The van der Waals surface area contributed by atoms with Gasteiger partial charge in [-0.3, -0.25) is 0 Å². The number of hydrogen-bond donors (Lipinski definition) is 0. The first-order valence-corrected chi connectivity index (χ1v) is 24.8. The molecule has 0 spiro atoms. The van der Waals surface area contributed by atoms with Gasteiger partial charge in [0.15, 0.2) is 0 Å². The van der Waals surface area contributed by atoms with E-state index in [0.29, 0.717) is 0 Å². The van der Waals surface area contributed by atoms with Crippen molar-refractivity contribution in [3.05, 3.63) is 114 Å². The molecule has 3 heteroatoms. The molecule has 2 nitrogen and oxygen atoms in total. The number of allylic oxidation sites excluding steroid dienone is 4. The van der Waals surface area contributed by atoms with Gasteiger partial charge >= 0.3 is 16.5 Å². The van der Waals surface area contributed by atoms with Crippen molar-refractivity contribution in [3.8, 4) is 0 Å². The number of rotatable bonds is 32. The number of aryl methyl sites for hydroxylation is 2. The Morgan fingerprint density at radius 1 is 0.525 bits per heavy atom. The average molecular weight is 852 g/mol. The fourth-order valence-corrected chi connectivity index (χ4v) is 7.72. The third kappa shape index (κ3) is 28.1. The van der Waals surface area contributed by atoms with E-state index in [1.807, 2.05) is 0 Å². The van der Waals surface area contributed by atoms with Crippen LogP contribution in [0.4, 0.5) is 0 Å². The Hall–Kier alpha value is -2.25. The van der Waals surface area contributed by atoms with Gasteiger partial charge in [-0.15, -0.1) is 0 Å². The Bertz CT molecular complexity index is 1340. The summed E-state index contributed by atoms with van der Waals surface area (Å²) < 4.78 is 1.41. The van der Waals surface area contributed by atoms with Crippen LogP contribution in [0, 0.1) is 13.8 Å². The normalized spacial score (nSPS) is 12.3. The van der Waals surface area contributed by atoms with Crippen LogP contribution in [-0.4, -0.2) is 4.70 Å². The van der Waals surface area contributed by atoms with Gasteiger partial charge in [0.05, 0.1) is 0 Å². The first-order chi connectivity index (χ1) is 28.5. The molecule has 0 fully saturated rings. The Balaban J connectivity index is 0.00000147. The second-order valence-corrected chi connectivity index (χ2v) is 16.9. The van der Waals surface area contributed by atoms with Gasteiger partial charge in [0, 0.05) is 22.8 Å². The van der Waals surface area contributed by atoms with E-state index in [-0.39, 0.29) is 16.5 Å². The summed E-state index contributed by atoms with van der Waals surface area (Å²) in [5.74, 6) is 0. The van der Waals surface area contributed by atoms with Crippen LogP contribution in [-0.2, 0) is 29.3 Å². The molecule has 2 aromatic rings. The molecule has 3 rings (SSSR count). The topological polar surface area (TPSA) is 25.3 Å². The minimum absolute atomic E-state index is 0. The first kappa shape index (κ1) is 56.8. The minimum Gasteiger partial charge on any atom is -0.493 e. The smallest absolute Gasteiger partial charge is 0.493 e. The predicted molar refractivity (Wildman–Crippen MR) is 261 cm³/mol. The van der Waals surface area contributed by atoms with Gasteiger partial charge in [-0.2, -0.15) is 12.8 Å². The number of hydrogen-bond acceptors (Lipinski definition) is 0. The van der Waals surface area contributed by atoms with E-state index in [9.17, 15) is 5.53 Å². The molecular formula is C56H92N2Ni. The molecule has 59 heavy (non-hydrogen) atoms. The summed E-state index contributed by atoms with van der Waals surface area (Å²) in [6, 6.07) is 17.2. The summed E-state index contributed by atoms with van der Waals surface area (Å²) in [7, 11) is 0. The number of benzene rings is 2. The van der Waals surface area contributed by atoms with E-state index in [4.69, 9.17) is 0 Å². The van der Waals surface area contributed by atoms with Crippen molar-refractivity contribution in [1.29, 1.82) is 0 Å². The summed E-state index contributed by atoms with van der Waals surface area (Å²) in [6.07, 6.45) is 47.8. The maximum absolute atomic E-state index is 11.3. The van der Waals surface area contributed by atoms with E-state index >= 15 is 0 Å². The molecule has 0 radical (unpaired) electrons. The zero-order chi connectivity index (χ0) is 42.3. The van der Waals surface area contributed by atoms with E-state index in [1.165, 1.54) is 183 Å². The second-order valence-electron chi connectivity index (χ2n) is 16.9. The molecule has 0 N–H and O–H groups in total. The molecule has 0 atom stereocenters. The van der Waals surface area contributed by atoms with Crippen LogP contribution in [0.2, 0.25) is 0 Å². The van der Waals surface area contributed by atoms with Crippen LogP contribution < -0.4 is 0 Å². The van der Waals surface area contributed by atoms with Crippen LogP contribution >= 0.6 is 0 Å². The number of nitrogens with zero attached hydrogens (tertiary/aromatic N) is 2. The van der Waals surface area contributed by atoms with Crippen LogP contribution in [0.1, 0.15) is 243 Å². The van der Waals surface area contributed by atoms with Crippen molar-refractivity contribution >= 4 is 11.4 Å². The molecule has 0 aromatic heterocycles. The second kappa shape index (κ2) is 41.1. The molecule has 0 saturated heterocycles. The molecule has 336 valence electrons. The molecule has 0 bridgehead atoms. The van der Waals surface area contributed by atoms with Crippen molar-refractivity contribution in [3.63, 3.8) is 0 Å². The van der Waals surface area contributed by atoms with Crippen LogP contribution in [0.3, 0.4) is 0 Å². The molecule has 0 amide bonds. The summed E-state index contributed by atoms with van der Waals surface area (Å²) in [4.78, 5) is 0. The fourth-order valence-electron chi connectivity index (χ4n) is 7.72. The van der Waals surface area contributed by atoms with Crippen molar-refractivity contribution < 1.29 is 21.2 Å². The van der Waals surface area contributed by atoms with E-state index in [0.717, 1.165) is 60.2 Å². The van der Waals surface area contributed by atoms with Crippen molar-refractivity contribution in [1.82, 2.24) is 0 Å². The summed E-state index contributed by atoms with van der Waals surface area (Å²) in [6.45, 7) is 18.7. The van der Waals surface area contributed by atoms with E-state index in [2.05, 4.69) is 115 Å². The largest absolute Gasteiger partial charge is 2.00 e. The fraction of sp³-hybridized carbons (Fsp3) is 0.643. The van der Waals surface area contributed by atoms with Gasteiger partial charge < -0.3 is 19.4 Å². The SMILES string of the molecule is CCCCCCCCCCCCCC=CCCc1ccccc1C1=CC(C)=C(c2cccc(CCCC)c2)[N+]1=[N-].[CH2-]CCCCCCCC.[CH2-]CCCCCCCC.[Ni+2]. The van der Waals surface area contributed by atoms with Crippen molar-refractivity contribution in [2.45, 2.75) is 234 Å². The van der Waals surface area contributed by atoms with Crippen LogP contribution in [0.15, 0.2) is 72.3 Å². The summed E-state index contributed by atoms with van der Waals surface area (Å²) in [5, 5.41) is 0. The molecule has 2 aromatic carbocycles. The van der Waals surface area contributed by atoms with Gasteiger partial charge in [-0.1, -0.05) is 218 Å². The molecule has 1 aliphatic rings. The molecular weight excluding hydrogens is 759 g/mol.